The third kappa shape index (κ3) is 4.41. The van der Waals surface area contributed by atoms with E-state index in [2.05, 4.69) is 29.1 Å². The van der Waals surface area contributed by atoms with Gasteiger partial charge in [-0.05, 0) is 32.3 Å². The minimum absolute atomic E-state index is 0.101. The van der Waals surface area contributed by atoms with Crippen molar-refractivity contribution < 1.29 is 4.79 Å². The fourth-order valence-electron chi connectivity index (χ4n) is 1.87. The Balaban J connectivity index is 2.73. The van der Waals surface area contributed by atoms with Crippen molar-refractivity contribution in [3.05, 3.63) is 17.5 Å². The number of nitrogens with two attached hydrogens (primary N) is 1. The van der Waals surface area contributed by atoms with Gasteiger partial charge in [0.1, 0.15) is 0 Å². The van der Waals surface area contributed by atoms with Gasteiger partial charge >= 0.3 is 0 Å². The predicted octanol–water partition coefficient (Wildman–Crippen LogP) is 1.65. The molecular formula is C13H22N4O. The number of nitrogens with zero attached hydrogens (tertiary/aromatic N) is 2. The van der Waals surface area contributed by atoms with Gasteiger partial charge in [0.15, 0.2) is 0 Å². The van der Waals surface area contributed by atoms with Gasteiger partial charge in [0.05, 0.1) is 5.92 Å². The van der Waals surface area contributed by atoms with Gasteiger partial charge in [-0.3, -0.25) is 10.1 Å². The molecule has 5 heteroatoms. The molecule has 0 spiro atoms. The Bertz CT molecular complexity index is 397. The van der Waals surface area contributed by atoms with E-state index in [0.29, 0.717) is 18.4 Å². The average molecular weight is 250 g/mol. The van der Waals surface area contributed by atoms with Crippen molar-refractivity contribution in [3.8, 4) is 0 Å². The van der Waals surface area contributed by atoms with Crippen LogP contribution in [0.5, 0.6) is 0 Å². The highest BCUT2D eigenvalue weighted by atomic mass is 16.2. The standard InChI is InChI=1S/C13H22N4O/c1-8(2)5-11(7-14)12(18)17-13-15-9(3)6-10(4)16-13/h6,8,11H,5,7,14H2,1-4H3,(H,15,16,17,18). The van der Waals surface area contributed by atoms with E-state index in [-0.39, 0.29) is 11.8 Å². The molecule has 100 valence electrons. The van der Waals surface area contributed by atoms with Gasteiger partial charge in [-0.1, -0.05) is 13.8 Å². The first-order valence-electron chi connectivity index (χ1n) is 6.25. The average Bonchev–Trinajstić information content (AvgIpc) is 2.23. The molecule has 1 unspecified atom stereocenters. The fraction of sp³-hybridized carbons (Fsp3) is 0.615. The molecule has 5 nitrogen and oxygen atoms in total. The second-order valence-corrected chi connectivity index (χ2v) is 5.03. The Morgan fingerprint density at radius 3 is 2.33 bits per heavy atom. The van der Waals surface area contributed by atoms with Crippen molar-refractivity contribution in [3.63, 3.8) is 0 Å². The first kappa shape index (κ1) is 14.6. The topological polar surface area (TPSA) is 80.9 Å². The summed E-state index contributed by atoms with van der Waals surface area (Å²) >= 11 is 0. The lowest BCUT2D eigenvalue weighted by Gasteiger charge is -2.16. The van der Waals surface area contributed by atoms with Crippen LogP contribution in [0.25, 0.3) is 0 Å². The second kappa shape index (κ2) is 6.44. The van der Waals surface area contributed by atoms with Crippen molar-refractivity contribution in [2.24, 2.45) is 17.6 Å². The highest BCUT2D eigenvalue weighted by Gasteiger charge is 2.19. The summed E-state index contributed by atoms with van der Waals surface area (Å²) < 4.78 is 0. The number of rotatable bonds is 5. The number of hydrogen-bond donors (Lipinski definition) is 2. The van der Waals surface area contributed by atoms with E-state index >= 15 is 0 Å². The van der Waals surface area contributed by atoms with Crippen LogP contribution >= 0.6 is 0 Å². The lowest BCUT2D eigenvalue weighted by atomic mass is 9.96. The summed E-state index contributed by atoms with van der Waals surface area (Å²) in [5.41, 5.74) is 7.31. The van der Waals surface area contributed by atoms with E-state index in [1.807, 2.05) is 19.9 Å². The molecule has 0 fully saturated rings. The first-order valence-corrected chi connectivity index (χ1v) is 6.25. The third-order valence-corrected chi connectivity index (χ3v) is 2.63. The van der Waals surface area contributed by atoms with E-state index in [4.69, 9.17) is 5.73 Å². The van der Waals surface area contributed by atoms with Crippen molar-refractivity contribution in [2.45, 2.75) is 34.1 Å². The molecule has 0 aliphatic rings. The Morgan fingerprint density at radius 2 is 1.89 bits per heavy atom. The van der Waals surface area contributed by atoms with Crippen LogP contribution in [0.2, 0.25) is 0 Å². The highest BCUT2D eigenvalue weighted by molar-refractivity contribution is 5.91. The molecule has 1 amide bonds. The predicted molar refractivity (Wildman–Crippen MR) is 72.1 cm³/mol. The summed E-state index contributed by atoms with van der Waals surface area (Å²) in [6.45, 7) is 8.24. The zero-order valence-electron chi connectivity index (χ0n) is 11.5. The van der Waals surface area contributed by atoms with Gasteiger partial charge < -0.3 is 5.73 Å². The first-order chi connectivity index (χ1) is 8.42. The number of aryl methyl sites for hydroxylation is 2. The lowest BCUT2D eigenvalue weighted by molar-refractivity contribution is -0.120. The number of aromatic nitrogens is 2. The number of amides is 1. The van der Waals surface area contributed by atoms with Gasteiger partial charge in [-0.15, -0.1) is 0 Å². The summed E-state index contributed by atoms with van der Waals surface area (Å²) in [5, 5.41) is 2.74. The normalized spacial score (nSPS) is 12.6. The van der Waals surface area contributed by atoms with Crippen LogP contribution in [0, 0.1) is 25.7 Å². The Morgan fingerprint density at radius 1 is 1.33 bits per heavy atom. The molecular weight excluding hydrogens is 228 g/mol. The minimum Gasteiger partial charge on any atom is -0.330 e. The quantitative estimate of drug-likeness (QED) is 0.832. The minimum atomic E-state index is -0.186. The van der Waals surface area contributed by atoms with E-state index in [1.54, 1.807) is 0 Å². The number of anilines is 1. The Kier molecular flexibility index (Phi) is 5.22. The van der Waals surface area contributed by atoms with Gasteiger partial charge in [0.25, 0.3) is 0 Å². The molecule has 1 aromatic rings. The molecule has 0 radical (unpaired) electrons. The van der Waals surface area contributed by atoms with Gasteiger partial charge in [0, 0.05) is 17.9 Å². The van der Waals surface area contributed by atoms with Gasteiger partial charge in [-0.2, -0.15) is 0 Å². The Hall–Kier alpha value is -1.49. The molecule has 0 saturated carbocycles. The monoisotopic (exact) mass is 250 g/mol. The van der Waals surface area contributed by atoms with Gasteiger partial charge in [0.2, 0.25) is 11.9 Å². The third-order valence-electron chi connectivity index (χ3n) is 2.63. The van der Waals surface area contributed by atoms with Crippen LogP contribution in [0.3, 0.4) is 0 Å². The second-order valence-electron chi connectivity index (χ2n) is 5.03. The van der Waals surface area contributed by atoms with Crippen molar-refractivity contribution in [1.82, 2.24) is 9.97 Å². The number of hydrogen-bond acceptors (Lipinski definition) is 4. The summed E-state index contributed by atoms with van der Waals surface area (Å²) in [6.07, 6.45) is 0.771. The summed E-state index contributed by atoms with van der Waals surface area (Å²) in [5.74, 6) is 0.509. The number of carbonyl (C=O) groups excluding carboxylic acids is 1. The van der Waals surface area contributed by atoms with E-state index < -0.39 is 0 Å². The van der Waals surface area contributed by atoms with E-state index in [9.17, 15) is 4.79 Å². The van der Waals surface area contributed by atoms with Crippen molar-refractivity contribution in [2.75, 3.05) is 11.9 Å². The smallest absolute Gasteiger partial charge is 0.231 e. The summed E-state index contributed by atoms with van der Waals surface area (Å²) in [7, 11) is 0. The van der Waals surface area contributed by atoms with E-state index in [0.717, 1.165) is 17.8 Å². The molecule has 0 saturated heterocycles. The molecule has 1 atom stereocenters. The summed E-state index contributed by atoms with van der Waals surface area (Å²) in [4.78, 5) is 20.4. The van der Waals surface area contributed by atoms with Crippen LogP contribution in [0.1, 0.15) is 31.7 Å². The molecule has 0 aliphatic heterocycles. The zero-order valence-corrected chi connectivity index (χ0v) is 11.5. The van der Waals surface area contributed by atoms with Crippen molar-refractivity contribution >= 4 is 11.9 Å². The fourth-order valence-corrected chi connectivity index (χ4v) is 1.87. The largest absolute Gasteiger partial charge is 0.330 e. The molecule has 1 rings (SSSR count). The number of carbonyl (C=O) groups is 1. The zero-order chi connectivity index (χ0) is 13.7. The molecule has 1 heterocycles. The highest BCUT2D eigenvalue weighted by Crippen LogP contribution is 2.13. The molecule has 3 N–H and O–H groups in total. The van der Waals surface area contributed by atoms with Crippen molar-refractivity contribution in [1.29, 1.82) is 0 Å². The van der Waals surface area contributed by atoms with Crippen LogP contribution in [0.15, 0.2) is 6.07 Å². The van der Waals surface area contributed by atoms with Crippen LogP contribution in [-0.2, 0) is 4.79 Å². The lowest BCUT2D eigenvalue weighted by Crippen LogP contribution is -2.31. The maximum Gasteiger partial charge on any atom is 0.231 e. The van der Waals surface area contributed by atoms with Crippen LogP contribution < -0.4 is 11.1 Å². The maximum absolute atomic E-state index is 12.0. The molecule has 0 aliphatic carbocycles. The SMILES string of the molecule is Cc1cc(C)nc(NC(=O)C(CN)CC(C)C)n1. The summed E-state index contributed by atoms with van der Waals surface area (Å²) in [6, 6.07) is 1.87. The van der Waals surface area contributed by atoms with Crippen LogP contribution in [-0.4, -0.2) is 22.4 Å². The van der Waals surface area contributed by atoms with E-state index in [1.165, 1.54) is 0 Å². The molecule has 18 heavy (non-hydrogen) atoms. The number of nitrogens with one attached hydrogen (secondary N) is 1. The maximum atomic E-state index is 12.0. The van der Waals surface area contributed by atoms with Gasteiger partial charge in [-0.25, -0.2) is 9.97 Å². The molecule has 1 aromatic heterocycles. The Labute approximate surface area is 108 Å². The van der Waals surface area contributed by atoms with Crippen LogP contribution in [0.4, 0.5) is 5.95 Å². The molecule has 0 bridgehead atoms. The molecule has 0 aromatic carbocycles.